The number of aryl methyl sites for hydroxylation is 2. The first-order valence-electron chi connectivity index (χ1n) is 5.56. The fourth-order valence-corrected chi connectivity index (χ4v) is 1.53. The highest BCUT2D eigenvalue weighted by atomic mass is 16.5. The molecule has 1 aromatic heterocycles. The second-order valence-corrected chi connectivity index (χ2v) is 4.07. The van der Waals surface area contributed by atoms with Gasteiger partial charge in [-0.1, -0.05) is 12.1 Å². The number of hydrogen-bond donors (Lipinski definition) is 1. The molecule has 1 heterocycles. The summed E-state index contributed by atoms with van der Waals surface area (Å²) in [5.74, 6) is 0.776. The standard InChI is InChI=1S/C14H16N2O/c1-10-5-6-12(8-13(10)15)17-9-14-11(2)4-3-7-16-14/h3-8H,9,15H2,1-2H3. The molecule has 0 unspecified atom stereocenters. The Hall–Kier alpha value is -2.03. The predicted molar refractivity (Wildman–Crippen MR) is 68.9 cm³/mol. The Labute approximate surface area is 101 Å². The minimum atomic E-state index is 0.467. The van der Waals surface area contributed by atoms with Crippen molar-refractivity contribution in [2.75, 3.05) is 5.73 Å². The first kappa shape index (κ1) is 11.5. The molecule has 0 aliphatic heterocycles. The lowest BCUT2D eigenvalue weighted by Gasteiger charge is -2.09. The normalized spacial score (nSPS) is 10.2. The molecule has 0 bridgehead atoms. The van der Waals surface area contributed by atoms with Crippen LogP contribution in [0.15, 0.2) is 36.5 Å². The Morgan fingerprint density at radius 1 is 1.18 bits per heavy atom. The minimum absolute atomic E-state index is 0.467. The number of aromatic nitrogens is 1. The molecule has 0 aliphatic carbocycles. The third-order valence-corrected chi connectivity index (χ3v) is 2.74. The minimum Gasteiger partial charge on any atom is -0.487 e. The number of nitrogens with zero attached hydrogens (tertiary/aromatic N) is 1. The Morgan fingerprint density at radius 3 is 2.71 bits per heavy atom. The topological polar surface area (TPSA) is 48.1 Å². The van der Waals surface area contributed by atoms with E-state index < -0.39 is 0 Å². The van der Waals surface area contributed by atoms with Gasteiger partial charge < -0.3 is 10.5 Å². The van der Waals surface area contributed by atoms with E-state index in [4.69, 9.17) is 10.5 Å². The predicted octanol–water partition coefficient (Wildman–Crippen LogP) is 2.86. The first-order valence-corrected chi connectivity index (χ1v) is 5.56. The molecule has 88 valence electrons. The van der Waals surface area contributed by atoms with Crippen molar-refractivity contribution in [1.82, 2.24) is 4.98 Å². The summed E-state index contributed by atoms with van der Waals surface area (Å²) in [6, 6.07) is 9.66. The van der Waals surface area contributed by atoms with Crippen LogP contribution in [0, 0.1) is 13.8 Å². The van der Waals surface area contributed by atoms with Crippen LogP contribution in [-0.2, 0) is 6.61 Å². The van der Waals surface area contributed by atoms with Gasteiger partial charge >= 0.3 is 0 Å². The molecule has 0 saturated heterocycles. The summed E-state index contributed by atoms with van der Waals surface area (Å²) in [4.78, 5) is 4.28. The second-order valence-electron chi connectivity index (χ2n) is 4.07. The maximum absolute atomic E-state index is 5.82. The molecule has 3 heteroatoms. The summed E-state index contributed by atoms with van der Waals surface area (Å²) >= 11 is 0. The van der Waals surface area contributed by atoms with Gasteiger partial charge in [0.15, 0.2) is 0 Å². The van der Waals surface area contributed by atoms with Crippen LogP contribution in [-0.4, -0.2) is 4.98 Å². The molecule has 0 amide bonds. The van der Waals surface area contributed by atoms with Gasteiger partial charge in [-0.2, -0.15) is 0 Å². The van der Waals surface area contributed by atoms with E-state index in [-0.39, 0.29) is 0 Å². The Balaban J connectivity index is 2.08. The molecule has 0 fully saturated rings. The zero-order chi connectivity index (χ0) is 12.3. The van der Waals surface area contributed by atoms with E-state index in [2.05, 4.69) is 4.98 Å². The smallest absolute Gasteiger partial charge is 0.130 e. The van der Waals surface area contributed by atoms with Gasteiger partial charge in [0.05, 0.1) is 5.69 Å². The van der Waals surface area contributed by atoms with Crippen molar-refractivity contribution < 1.29 is 4.74 Å². The molecule has 2 N–H and O–H groups in total. The third-order valence-electron chi connectivity index (χ3n) is 2.74. The summed E-state index contributed by atoms with van der Waals surface area (Å²) in [5.41, 5.74) is 9.72. The summed E-state index contributed by atoms with van der Waals surface area (Å²) in [5, 5.41) is 0. The van der Waals surface area contributed by atoms with Gasteiger partial charge in [0.1, 0.15) is 12.4 Å². The second kappa shape index (κ2) is 4.87. The van der Waals surface area contributed by atoms with Crippen LogP contribution in [0.3, 0.4) is 0 Å². The zero-order valence-electron chi connectivity index (χ0n) is 10.1. The maximum Gasteiger partial charge on any atom is 0.130 e. The zero-order valence-corrected chi connectivity index (χ0v) is 10.1. The molecule has 0 atom stereocenters. The largest absolute Gasteiger partial charge is 0.487 e. The maximum atomic E-state index is 5.82. The Bertz CT molecular complexity index is 523. The number of rotatable bonds is 3. The number of hydrogen-bond acceptors (Lipinski definition) is 3. The summed E-state index contributed by atoms with van der Waals surface area (Å²) < 4.78 is 5.67. The Kier molecular flexibility index (Phi) is 3.28. The quantitative estimate of drug-likeness (QED) is 0.822. The average Bonchev–Trinajstić information content (AvgIpc) is 2.32. The number of anilines is 1. The molecule has 3 nitrogen and oxygen atoms in total. The molecule has 1 aromatic carbocycles. The molecular formula is C14H16N2O. The highest BCUT2D eigenvalue weighted by molar-refractivity contribution is 5.50. The lowest BCUT2D eigenvalue weighted by molar-refractivity contribution is 0.300. The van der Waals surface area contributed by atoms with Crippen molar-refractivity contribution in [2.24, 2.45) is 0 Å². The average molecular weight is 228 g/mol. The van der Waals surface area contributed by atoms with Gasteiger partial charge in [-0.05, 0) is 37.1 Å². The van der Waals surface area contributed by atoms with Crippen LogP contribution in [0.2, 0.25) is 0 Å². The number of nitrogen functional groups attached to an aromatic ring is 1. The molecule has 2 aromatic rings. The monoisotopic (exact) mass is 228 g/mol. The van der Waals surface area contributed by atoms with E-state index >= 15 is 0 Å². The van der Waals surface area contributed by atoms with Crippen LogP contribution >= 0.6 is 0 Å². The molecule has 0 spiro atoms. The van der Waals surface area contributed by atoms with Crippen molar-refractivity contribution in [2.45, 2.75) is 20.5 Å². The summed E-state index contributed by atoms with van der Waals surface area (Å²) in [7, 11) is 0. The van der Waals surface area contributed by atoms with Crippen LogP contribution in [0.1, 0.15) is 16.8 Å². The van der Waals surface area contributed by atoms with E-state index in [9.17, 15) is 0 Å². The van der Waals surface area contributed by atoms with Gasteiger partial charge in [0.2, 0.25) is 0 Å². The summed E-state index contributed by atoms with van der Waals surface area (Å²) in [6.45, 7) is 4.46. The molecule has 2 rings (SSSR count). The number of ether oxygens (including phenoxy) is 1. The van der Waals surface area contributed by atoms with Gasteiger partial charge in [0, 0.05) is 18.0 Å². The van der Waals surface area contributed by atoms with Crippen molar-refractivity contribution >= 4 is 5.69 Å². The number of pyridine rings is 1. The van der Waals surface area contributed by atoms with Crippen molar-refractivity contribution in [3.63, 3.8) is 0 Å². The lowest BCUT2D eigenvalue weighted by atomic mass is 10.2. The Morgan fingerprint density at radius 2 is 2.00 bits per heavy atom. The highest BCUT2D eigenvalue weighted by Crippen LogP contribution is 2.20. The van der Waals surface area contributed by atoms with Gasteiger partial charge in [0.25, 0.3) is 0 Å². The van der Waals surface area contributed by atoms with Crippen molar-refractivity contribution in [3.05, 3.63) is 53.3 Å². The SMILES string of the molecule is Cc1ccc(OCc2ncccc2C)cc1N. The van der Waals surface area contributed by atoms with Crippen LogP contribution in [0.5, 0.6) is 5.75 Å². The fraction of sp³-hybridized carbons (Fsp3) is 0.214. The van der Waals surface area contributed by atoms with Crippen molar-refractivity contribution in [3.8, 4) is 5.75 Å². The first-order chi connectivity index (χ1) is 8.16. The summed E-state index contributed by atoms with van der Waals surface area (Å²) in [6.07, 6.45) is 1.77. The number of nitrogens with two attached hydrogens (primary N) is 1. The van der Waals surface area contributed by atoms with E-state index in [1.54, 1.807) is 6.20 Å². The molecule has 0 radical (unpaired) electrons. The number of benzene rings is 1. The van der Waals surface area contributed by atoms with E-state index in [1.807, 2.05) is 44.2 Å². The molecule has 0 aliphatic rings. The third kappa shape index (κ3) is 2.75. The molecule has 0 saturated carbocycles. The van der Waals surface area contributed by atoms with Crippen LogP contribution in [0.4, 0.5) is 5.69 Å². The fourth-order valence-electron chi connectivity index (χ4n) is 1.53. The van der Waals surface area contributed by atoms with Crippen LogP contribution in [0.25, 0.3) is 0 Å². The lowest BCUT2D eigenvalue weighted by Crippen LogP contribution is -2.01. The molecule has 17 heavy (non-hydrogen) atoms. The van der Waals surface area contributed by atoms with E-state index in [0.29, 0.717) is 6.61 Å². The molecular weight excluding hydrogens is 212 g/mol. The van der Waals surface area contributed by atoms with E-state index in [0.717, 1.165) is 28.3 Å². The highest BCUT2D eigenvalue weighted by Gasteiger charge is 2.01. The van der Waals surface area contributed by atoms with Gasteiger partial charge in [-0.3, -0.25) is 4.98 Å². The van der Waals surface area contributed by atoms with Crippen LogP contribution < -0.4 is 10.5 Å². The van der Waals surface area contributed by atoms with Gasteiger partial charge in [-0.25, -0.2) is 0 Å². The van der Waals surface area contributed by atoms with Gasteiger partial charge in [-0.15, -0.1) is 0 Å². The van der Waals surface area contributed by atoms with Crippen molar-refractivity contribution in [1.29, 1.82) is 0 Å². The van der Waals surface area contributed by atoms with E-state index in [1.165, 1.54) is 0 Å².